The van der Waals surface area contributed by atoms with E-state index in [9.17, 15) is 0 Å². The van der Waals surface area contributed by atoms with Crippen LogP contribution in [0.25, 0.3) is 0 Å². The number of aryl methyl sites for hydroxylation is 2. The molecule has 2 aromatic rings. The summed E-state index contributed by atoms with van der Waals surface area (Å²) in [6, 6.07) is 21.2. The minimum atomic E-state index is -0.202. The summed E-state index contributed by atoms with van der Waals surface area (Å²) in [6.07, 6.45) is 4.40. The number of hydrogen-bond acceptors (Lipinski definition) is 3. The maximum absolute atomic E-state index is 5.30. The second-order valence-corrected chi connectivity index (χ2v) is 6.71. The zero-order chi connectivity index (χ0) is 15.6. The molecule has 0 N–H and O–H groups in total. The quantitative estimate of drug-likeness (QED) is 0.360. The molecule has 0 fully saturated rings. The van der Waals surface area contributed by atoms with Gasteiger partial charge in [0.1, 0.15) is 0 Å². The van der Waals surface area contributed by atoms with Gasteiger partial charge < -0.3 is 30.2 Å². The van der Waals surface area contributed by atoms with Crippen molar-refractivity contribution in [2.45, 2.75) is 30.4 Å². The average Bonchev–Trinajstić information content (AvgIpc) is 2.55. The molecule has 0 aliphatic carbocycles. The summed E-state index contributed by atoms with van der Waals surface area (Å²) in [5, 5.41) is 0. The zero-order valence-corrected chi connectivity index (χ0v) is 17.0. The van der Waals surface area contributed by atoms with Gasteiger partial charge in [-0.25, -0.2) is 4.71 Å². The molecule has 129 valence electrons. The molecule has 0 saturated heterocycles. The van der Waals surface area contributed by atoms with Crippen molar-refractivity contribution in [2.75, 3.05) is 13.1 Å². The first kappa shape index (κ1) is 20.9. The molecule has 0 amide bonds. The number of benzene rings is 2. The van der Waals surface area contributed by atoms with Gasteiger partial charge >= 0.3 is 0 Å². The Morgan fingerprint density at radius 1 is 0.696 bits per heavy atom. The van der Waals surface area contributed by atoms with Crippen LogP contribution in [0.2, 0.25) is 0 Å². The van der Waals surface area contributed by atoms with Crippen LogP contribution >= 0.6 is 0 Å². The minimum absolute atomic E-state index is 0. The van der Waals surface area contributed by atoms with E-state index in [1.807, 2.05) is 0 Å². The minimum Gasteiger partial charge on any atom is -0.800 e. The van der Waals surface area contributed by atoms with Crippen molar-refractivity contribution in [3.63, 3.8) is 0 Å². The van der Waals surface area contributed by atoms with Crippen LogP contribution in [0, 0.1) is 0 Å². The van der Waals surface area contributed by atoms with E-state index in [2.05, 4.69) is 65.6 Å². The van der Waals surface area contributed by atoms with Gasteiger partial charge in [-0.05, 0) is 49.9 Å². The maximum atomic E-state index is 5.30. The molecule has 1 nitrogen and oxygen atoms in total. The Labute approximate surface area is 167 Å². The Morgan fingerprint density at radius 2 is 1.09 bits per heavy atom. The fraction of sp³-hybridized carbons (Fsp3) is 0.368. The fourth-order valence-electron chi connectivity index (χ4n) is 2.58. The van der Waals surface area contributed by atoms with Gasteiger partial charge in [-0.2, -0.15) is 0 Å². The van der Waals surface area contributed by atoms with Gasteiger partial charge in [0.25, 0.3) is 0 Å². The Hall–Kier alpha value is -0.160. The van der Waals surface area contributed by atoms with Gasteiger partial charge in [0, 0.05) is 22.4 Å². The molecule has 0 spiro atoms. The topological polar surface area (TPSA) is 3.24 Å². The number of nitrogens with zero attached hydrogens (tertiary/aromatic N) is 1. The Balaban J connectivity index is 0.00000264. The Morgan fingerprint density at radius 3 is 1.43 bits per heavy atom. The van der Waals surface area contributed by atoms with E-state index in [0.717, 1.165) is 38.8 Å². The fourth-order valence-corrected chi connectivity index (χ4v) is 3.01. The monoisotopic (exact) mass is 526 g/mol. The summed E-state index contributed by atoms with van der Waals surface area (Å²) < 4.78 is -0.202. The maximum Gasteiger partial charge on any atom is 0 e. The summed E-state index contributed by atoms with van der Waals surface area (Å²) in [7, 11) is 0. The van der Waals surface area contributed by atoms with Gasteiger partial charge in [0.05, 0.1) is 0 Å². The predicted octanol–water partition coefficient (Wildman–Crippen LogP) is 3.93. The first-order valence-corrected chi connectivity index (χ1v) is 8.83. The largest absolute Gasteiger partial charge is 0.800 e. The van der Waals surface area contributed by atoms with E-state index in [0.29, 0.717) is 0 Å². The van der Waals surface area contributed by atoms with Crippen molar-refractivity contribution in [3.8, 4) is 0 Å². The standard InChI is InChI=1S/C19H25NS2.Au/c21-19(22)20(15-7-13-17-9-3-1-4-10-17)16-8-14-18-11-5-2-6-12-18;/h1-6,9-12,19,21-22H,7-8,13-16H2;/p-2. The number of hydrogen-bond donors (Lipinski definition) is 0. The smallest absolute Gasteiger partial charge is 0 e. The Kier molecular flexibility index (Phi) is 11.1. The second-order valence-electron chi connectivity index (χ2n) is 5.52. The van der Waals surface area contributed by atoms with E-state index in [4.69, 9.17) is 25.3 Å². The molecule has 0 heterocycles. The van der Waals surface area contributed by atoms with Gasteiger partial charge in [-0.15, -0.1) is 0 Å². The van der Waals surface area contributed by atoms with Crippen LogP contribution < -0.4 is 0 Å². The summed E-state index contributed by atoms with van der Waals surface area (Å²) in [5.41, 5.74) is 2.77. The normalized spacial score (nSPS) is 10.8. The molecule has 0 aliphatic rings. The Bertz CT molecular complexity index is 474. The molecule has 0 saturated carbocycles. The molecule has 1 radical (unpaired) electrons. The van der Waals surface area contributed by atoms with Crippen molar-refractivity contribution in [3.05, 3.63) is 71.8 Å². The third-order valence-corrected chi connectivity index (χ3v) is 4.40. The van der Waals surface area contributed by atoms with Crippen LogP contribution in [0.3, 0.4) is 0 Å². The zero-order valence-electron chi connectivity index (χ0n) is 13.2. The van der Waals surface area contributed by atoms with Crippen molar-refractivity contribution < 1.29 is 22.4 Å². The molecular formula is C19H23AuNS2-2. The molecule has 0 unspecified atom stereocenters. The third kappa shape index (κ3) is 8.48. The van der Waals surface area contributed by atoms with Gasteiger partial charge in [-0.3, -0.25) is 0 Å². The molecule has 0 aromatic heterocycles. The molecule has 4 heteroatoms. The van der Waals surface area contributed by atoms with E-state index in [-0.39, 0.29) is 27.1 Å². The van der Waals surface area contributed by atoms with E-state index >= 15 is 0 Å². The van der Waals surface area contributed by atoms with Crippen LogP contribution in [0.5, 0.6) is 0 Å². The van der Waals surface area contributed by atoms with Gasteiger partial charge in [0.2, 0.25) is 0 Å². The molecule has 2 aromatic carbocycles. The molecule has 23 heavy (non-hydrogen) atoms. The summed E-state index contributed by atoms with van der Waals surface area (Å²) in [5.74, 6) is 0. The van der Waals surface area contributed by atoms with E-state index in [1.165, 1.54) is 11.1 Å². The summed E-state index contributed by atoms with van der Waals surface area (Å²) in [4.78, 5) is 2.25. The van der Waals surface area contributed by atoms with Crippen molar-refractivity contribution in [1.29, 1.82) is 0 Å². The van der Waals surface area contributed by atoms with Crippen molar-refractivity contribution in [1.82, 2.24) is 4.90 Å². The van der Waals surface area contributed by atoms with Crippen LogP contribution in [0.4, 0.5) is 0 Å². The van der Waals surface area contributed by atoms with Gasteiger partial charge in [-0.1, -0.05) is 60.7 Å². The van der Waals surface area contributed by atoms with Gasteiger partial charge in [0.15, 0.2) is 0 Å². The van der Waals surface area contributed by atoms with E-state index in [1.54, 1.807) is 0 Å². The molecule has 0 aliphatic heterocycles. The summed E-state index contributed by atoms with van der Waals surface area (Å²) in [6.45, 7) is 1.97. The average molecular weight is 527 g/mol. The molecule has 0 atom stereocenters. The van der Waals surface area contributed by atoms with Crippen molar-refractivity contribution >= 4 is 25.3 Å². The van der Waals surface area contributed by atoms with E-state index < -0.39 is 0 Å². The van der Waals surface area contributed by atoms with Crippen LogP contribution in [-0.2, 0) is 60.5 Å². The predicted molar refractivity (Wildman–Crippen MR) is 99.6 cm³/mol. The number of rotatable bonds is 9. The third-order valence-electron chi connectivity index (χ3n) is 3.81. The first-order valence-electron chi connectivity index (χ1n) is 7.89. The van der Waals surface area contributed by atoms with Crippen LogP contribution in [0.15, 0.2) is 60.7 Å². The second kappa shape index (κ2) is 12.2. The molecular weight excluding hydrogens is 503 g/mol. The first-order chi connectivity index (χ1) is 10.8. The van der Waals surface area contributed by atoms with Crippen molar-refractivity contribution in [2.24, 2.45) is 0 Å². The summed E-state index contributed by atoms with van der Waals surface area (Å²) >= 11 is 10.6. The molecule has 0 bridgehead atoms. The molecule has 2 rings (SSSR count). The van der Waals surface area contributed by atoms with Crippen LogP contribution in [-0.4, -0.2) is 22.7 Å². The SMILES string of the molecule is [Au].[S-]C([S-])N(CCCc1ccccc1)CCCc1ccccc1. The van der Waals surface area contributed by atoms with Crippen LogP contribution in [0.1, 0.15) is 24.0 Å².